The molecule has 0 saturated carbocycles. The Bertz CT molecular complexity index is 768. The van der Waals surface area contributed by atoms with E-state index in [1.165, 1.54) is 18.4 Å². The second-order valence-electron chi connectivity index (χ2n) is 6.54. The number of amides is 1. The number of anilines is 2. The fourth-order valence-electron chi connectivity index (χ4n) is 3.65. The largest absolute Gasteiger partial charge is 0.356 e. The highest BCUT2D eigenvalue weighted by Gasteiger charge is 2.25. The van der Waals surface area contributed by atoms with Gasteiger partial charge in [-0.25, -0.2) is 9.97 Å². The predicted molar refractivity (Wildman–Crippen MR) is 94.7 cm³/mol. The van der Waals surface area contributed by atoms with E-state index in [1.54, 1.807) is 0 Å². The highest BCUT2D eigenvalue weighted by atomic mass is 16.2. The van der Waals surface area contributed by atoms with Gasteiger partial charge in [-0.3, -0.25) is 4.79 Å². The van der Waals surface area contributed by atoms with E-state index in [0.29, 0.717) is 11.5 Å². The Kier molecular flexibility index (Phi) is 3.92. The summed E-state index contributed by atoms with van der Waals surface area (Å²) in [4.78, 5) is 26.2. The van der Waals surface area contributed by atoms with Crippen molar-refractivity contribution < 1.29 is 4.79 Å². The van der Waals surface area contributed by atoms with Gasteiger partial charge in [0.15, 0.2) is 0 Å². The normalized spacial score (nSPS) is 17.0. The number of carbonyl (C=O) groups is 1. The van der Waals surface area contributed by atoms with E-state index in [1.807, 2.05) is 36.1 Å². The van der Waals surface area contributed by atoms with Crippen LogP contribution in [0.15, 0.2) is 30.3 Å². The molecule has 2 aliphatic heterocycles. The molecule has 0 unspecified atom stereocenters. The van der Waals surface area contributed by atoms with Crippen molar-refractivity contribution in [3.8, 4) is 0 Å². The minimum absolute atomic E-state index is 0.0203. The Morgan fingerprint density at radius 3 is 2.67 bits per heavy atom. The van der Waals surface area contributed by atoms with Gasteiger partial charge in [-0.1, -0.05) is 18.2 Å². The summed E-state index contributed by atoms with van der Waals surface area (Å²) in [5, 5.41) is 0. The van der Waals surface area contributed by atoms with Gasteiger partial charge in [0.25, 0.3) is 5.91 Å². The van der Waals surface area contributed by atoms with Crippen LogP contribution < -0.4 is 9.80 Å². The van der Waals surface area contributed by atoms with Crippen LogP contribution >= 0.6 is 0 Å². The number of hydrogen-bond donors (Lipinski definition) is 0. The maximum atomic E-state index is 13.1. The Morgan fingerprint density at radius 1 is 1.04 bits per heavy atom. The van der Waals surface area contributed by atoms with E-state index in [2.05, 4.69) is 20.9 Å². The first kappa shape index (κ1) is 15.1. The van der Waals surface area contributed by atoms with Crippen LogP contribution in [-0.2, 0) is 6.42 Å². The molecular weight excluding hydrogens is 300 g/mol. The summed E-state index contributed by atoms with van der Waals surface area (Å²) >= 11 is 0. The lowest BCUT2D eigenvalue weighted by atomic mass is 10.0. The van der Waals surface area contributed by atoms with Crippen LogP contribution in [0.5, 0.6) is 0 Å². The molecule has 24 heavy (non-hydrogen) atoms. The summed E-state index contributed by atoms with van der Waals surface area (Å²) in [6.07, 6.45) is 4.39. The summed E-state index contributed by atoms with van der Waals surface area (Å²) in [6.45, 7) is 4.63. The maximum Gasteiger partial charge on any atom is 0.277 e. The van der Waals surface area contributed by atoms with Crippen molar-refractivity contribution in [2.24, 2.45) is 0 Å². The van der Waals surface area contributed by atoms with E-state index in [-0.39, 0.29) is 5.91 Å². The number of rotatable bonds is 2. The lowest BCUT2D eigenvalue weighted by Gasteiger charge is -2.29. The number of hydrogen-bond acceptors (Lipinski definition) is 4. The monoisotopic (exact) mass is 322 g/mol. The molecule has 124 valence electrons. The zero-order valence-electron chi connectivity index (χ0n) is 14.0. The van der Waals surface area contributed by atoms with Gasteiger partial charge in [-0.2, -0.15) is 0 Å². The molecule has 1 fully saturated rings. The lowest BCUT2D eigenvalue weighted by molar-refractivity contribution is 0.0980. The molecule has 2 aliphatic rings. The van der Waals surface area contributed by atoms with Gasteiger partial charge in [0, 0.05) is 31.4 Å². The van der Waals surface area contributed by atoms with Gasteiger partial charge in [0.05, 0.1) is 0 Å². The highest BCUT2D eigenvalue weighted by Crippen LogP contribution is 2.28. The first-order chi connectivity index (χ1) is 11.7. The molecule has 0 bridgehead atoms. The summed E-state index contributed by atoms with van der Waals surface area (Å²) in [6, 6.07) is 10.0. The SMILES string of the molecule is Cc1nc(C(=O)N2CCCc3ccccc32)cc(N2CCCC2)n1. The van der Waals surface area contributed by atoms with Gasteiger partial charge in [-0.05, 0) is 44.2 Å². The van der Waals surface area contributed by atoms with Gasteiger partial charge in [0.1, 0.15) is 17.3 Å². The van der Waals surface area contributed by atoms with Crippen molar-refractivity contribution in [2.45, 2.75) is 32.6 Å². The van der Waals surface area contributed by atoms with Crippen molar-refractivity contribution >= 4 is 17.4 Å². The fraction of sp³-hybridized carbons (Fsp3) is 0.421. The maximum absolute atomic E-state index is 13.1. The summed E-state index contributed by atoms with van der Waals surface area (Å²) < 4.78 is 0. The predicted octanol–water partition coefficient (Wildman–Crippen LogP) is 2.98. The quantitative estimate of drug-likeness (QED) is 0.853. The standard InChI is InChI=1S/C19H22N4O/c1-14-20-16(13-18(21-14)22-10-4-5-11-22)19(24)23-12-6-8-15-7-2-3-9-17(15)23/h2-3,7,9,13H,4-6,8,10-12H2,1H3. The second kappa shape index (κ2) is 6.23. The lowest BCUT2D eigenvalue weighted by Crippen LogP contribution is -2.36. The topological polar surface area (TPSA) is 49.3 Å². The minimum Gasteiger partial charge on any atom is -0.356 e. The smallest absolute Gasteiger partial charge is 0.277 e. The second-order valence-corrected chi connectivity index (χ2v) is 6.54. The number of fused-ring (bicyclic) bond motifs is 1. The number of benzene rings is 1. The van der Waals surface area contributed by atoms with Crippen LogP contribution in [0.4, 0.5) is 11.5 Å². The van der Waals surface area contributed by atoms with Gasteiger partial charge < -0.3 is 9.80 Å². The number of aryl methyl sites for hydroxylation is 2. The first-order valence-electron chi connectivity index (χ1n) is 8.73. The molecule has 0 atom stereocenters. The molecule has 3 heterocycles. The van der Waals surface area contributed by atoms with Crippen LogP contribution in [0.25, 0.3) is 0 Å². The van der Waals surface area contributed by atoms with E-state index < -0.39 is 0 Å². The molecule has 0 aliphatic carbocycles. The van der Waals surface area contributed by atoms with Crippen LogP contribution in [0.2, 0.25) is 0 Å². The third kappa shape index (κ3) is 2.75. The molecule has 0 N–H and O–H groups in total. The molecule has 1 amide bonds. The van der Waals surface area contributed by atoms with Gasteiger partial charge >= 0.3 is 0 Å². The van der Waals surface area contributed by atoms with Crippen molar-refractivity contribution in [3.63, 3.8) is 0 Å². The van der Waals surface area contributed by atoms with E-state index >= 15 is 0 Å². The zero-order chi connectivity index (χ0) is 16.5. The molecular formula is C19H22N4O. The molecule has 0 radical (unpaired) electrons. The molecule has 4 rings (SSSR count). The van der Waals surface area contributed by atoms with Crippen LogP contribution in [0.3, 0.4) is 0 Å². The number of nitrogens with zero attached hydrogens (tertiary/aromatic N) is 4. The number of aromatic nitrogens is 2. The Morgan fingerprint density at radius 2 is 1.83 bits per heavy atom. The van der Waals surface area contributed by atoms with Crippen molar-refractivity contribution in [2.75, 3.05) is 29.4 Å². The third-order valence-electron chi connectivity index (χ3n) is 4.83. The first-order valence-corrected chi connectivity index (χ1v) is 8.73. The minimum atomic E-state index is -0.0203. The average Bonchev–Trinajstić information content (AvgIpc) is 3.15. The molecule has 5 nitrogen and oxygen atoms in total. The summed E-state index contributed by atoms with van der Waals surface area (Å²) in [5.41, 5.74) is 2.76. The van der Waals surface area contributed by atoms with E-state index in [4.69, 9.17) is 0 Å². The molecule has 5 heteroatoms. The molecule has 2 aromatic rings. The van der Waals surface area contributed by atoms with E-state index in [0.717, 1.165) is 44.0 Å². The Balaban J connectivity index is 1.68. The fourth-order valence-corrected chi connectivity index (χ4v) is 3.65. The molecule has 1 saturated heterocycles. The number of carbonyl (C=O) groups excluding carboxylic acids is 1. The van der Waals surface area contributed by atoms with Crippen molar-refractivity contribution in [3.05, 3.63) is 47.4 Å². The van der Waals surface area contributed by atoms with Crippen molar-refractivity contribution in [1.82, 2.24) is 9.97 Å². The van der Waals surface area contributed by atoms with Crippen LogP contribution in [0, 0.1) is 6.92 Å². The molecule has 1 aromatic heterocycles. The van der Waals surface area contributed by atoms with Gasteiger partial charge in [-0.15, -0.1) is 0 Å². The Hall–Kier alpha value is -2.43. The van der Waals surface area contributed by atoms with Crippen LogP contribution in [0.1, 0.15) is 41.1 Å². The van der Waals surface area contributed by atoms with Crippen LogP contribution in [-0.4, -0.2) is 35.5 Å². The third-order valence-corrected chi connectivity index (χ3v) is 4.83. The number of para-hydroxylation sites is 1. The Labute approximate surface area is 142 Å². The van der Waals surface area contributed by atoms with Crippen molar-refractivity contribution in [1.29, 1.82) is 0 Å². The summed E-state index contributed by atoms with van der Waals surface area (Å²) in [5.74, 6) is 1.52. The zero-order valence-corrected chi connectivity index (χ0v) is 14.0. The van der Waals surface area contributed by atoms with E-state index in [9.17, 15) is 4.79 Å². The highest BCUT2D eigenvalue weighted by molar-refractivity contribution is 6.05. The summed E-state index contributed by atoms with van der Waals surface area (Å²) in [7, 11) is 0. The average molecular weight is 322 g/mol. The molecule has 0 spiro atoms. The molecule has 1 aromatic carbocycles. The van der Waals surface area contributed by atoms with Gasteiger partial charge in [0.2, 0.25) is 0 Å².